The number of rotatable bonds is 2. The van der Waals surface area contributed by atoms with E-state index < -0.39 is 0 Å². The lowest BCUT2D eigenvalue weighted by atomic mass is 10.1. The Morgan fingerprint density at radius 1 is 1.36 bits per heavy atom. The number of carbonyl (C=O) groups excluding carboxylic acids is 1. The van der Waals surface area contributed by atoms with E-state index in [0.717, 1.165) is 0 Å². The van der Waals surface area contributed by atoms with Crippen molar-refractivity contribution in [3.63, 3.8) is 0 Å². The van der Waals surface area contributed by atoms with Crippen LogP contribution in [0.3, 0.4) is 0 Å². The van der Waals surface area contributed by atoms with Crippen molar-refractivity contribution in [2.45, 2.75) is 0 Å². The summed E-state index contributed by atoms with van der Waals surface area (Å²) >= 11 is 0. The highest BCUT2D eigenvalue weighted by atomic mass is 16.1. The number of hydrogen-bond donors (Lipinski definition) is 0. The number of imidazole rings is 1. The Bertz CT molecular complexity index is 447. The first kappa shape index (κ1) is 8.62. The molecule has 0 bridgehead atoms. The van der Waals surface area contributed by atoms with Crippen molar-refractivity contribution < 1.29 is 4.79 Å². The van der Waals surface area contributed by atoms with Gasteiger partial charge in [0.25, 0.3) is 0 Å². The molecule has 2 rings (SSSR count). The Morgan fingerprint density at radius 2 is 2.21 bits per heavy atom. The summed E-state index contributed by atoms with van der Waals surface area (Å²) < 4.78 is 1.69. The third kappa shape index (κ3) is 1.42. The van der Waals surface area contributed by atoms with E-state index in [-0.39, 0.29) is 5.78 Å². The third-order valence-corrected chi connectivity index (χ3v) is 1.97. The highest BCUT2D eigenvalue weighted by Crippen LogP contribution is 2.06. The van der Waals surface area contributed by atoms with Crippen molar-refractivity contribution in [3.8, 4) is 0 Å². The van der Waals surface area contributed by atoms with Crippen LogP contribution < -0.4 is 0 Å². The summed E-state index contributed by atoms with van der Waals surface area (Å²) in [5, 5.41) is 0. The lowest BCUT2D eigenvalue weighted by Gasteiger charge is -1.99. The largest absolute Gasteiger partial charge is 0.331 e. The van der Waals surface area contributed by atoms with Gasteiger partial charge in [0.15, 0.2) is 0 Å². The Labute approximate surface area is 81.2 Å². The van der Waals surface area contributed by atoms with Crippen LogP contribution >= 0.6 is 0 Å². The maximum atomic E-state index is 11.8. The number of pyridine rings is 1. The monoisotopic (exact) mass is 187 g/mol. The van der Waals surface area contributed by atoms with Gasteiger partial charge in [-0.2, -0.15) is 0 Å². The molecule has 2 heterocycles. The zero-order chi connectivity index (χ0) is 9.97. The normalized spacial score (nSPS) is 10.1. The quantitative estimate of drug-likeness (QED) is 0.660. The Hall–Kier alpha value is -1.97. The molecule has 4 nitrogen and oxygen atoms in total. The fourth-order valence-corrected chi connectivity index (χ4v) is 1.22. The van der Waals surface area contributed by atoms with Gasteiger partial charge in [0.1, 0.15) is 5.69 Å². The smallest absolute Gasteiger partial charge is 0.212 e. The van der Waals surface area contributed by atoms with Gasteiger partial charge in [-0.25, -0.2) is 4.98 Å². The average Bonchev–Trinajstić information content (AvgIpc) is 2.65. The summed E-state index contributed by atoms with van der Waals surface area (Å²) in [7, 11) is 1.79. The van der Waals surface area contributed by atoms with Crippen molar-refractivity contribution in [1.82, 2.24) is 14.5 Å². The minimum atomic E-state index is -0.0573. The van der Waals surface area contributed by atoms with Crippen molar-refractivity contribution in [3.05, 3.63) is 48.3 Å². The van der Waals surface area contributed by atoms with Crippen LogP contribution in [0.1, 0.15) is 16.1 Å². The van der Waals surface area contributed by atoms with E-state index in [0.29, 0.717) is 11.3 Å². The van der Waals surface area contributed by atoms with Crippen LogP contribution in [0.4, 0.5) is 0 Å². The molecular weight excluding hydrogens is 178 g/mol. The summed E-state index contributed by atoms with van der Waals surface area (Å²) in [4.78, 5) is 19.6. The van der Waals surface area contributed by atoms with E-state index >= 15 is 0 Å². The molecule has 0 aliphatic heterocycles. The second-order valence-corrected chi connectivity index (χ2v) is 2.96. The number of carbonyl (C=O) groups is 1. The summed E-state index contributed by atoms with van der Waals surface area (Å²) in [5.74, 6) is -0.0573. The van der Waals surface area contributed by atoms with Crippen molar-refractivity contribution in [1.29, 1.82) is 0 Å². The number of aryl methyl sites for hydroxylation is 1. The van der Waals surface area contributed by atoms with Gasteiger partial charge in [-0.05, 0) is 12.1 Å². The SMILES string of the molecule is Cn1cncc1C(=O)c1cccnc1. The molecular formula is C10H9N3O. The predicted octanol–water partition coefficient (Wildman–Crippen LogP) is 1.05. The van der Waals surface area contributed by atoms with Crippen molar-refractivity contribution in [2.75, 3.05) is 0 Å². The number of ketones is 1. The fourth-order valence-electron chi connectivity index (χ4n) is 1.22. The van der Waals surface area contributed by atoms with Crippen LogP contribution in [0.2, 0.25) is 0 Å². The number of nitrogens with zero attached hydrogens (tertiary/aromatic N) is 3. The lowest BCUT2D eigenvalue weighted by Crippen LogP contribution is -2.06. The van der Waals surface area contributed by atoms with Crippen LogP contribution in [-0.2, 0) is 7.05 Å². The molecule has 0 amide bonds. The molecule has 2 aromatic heterocycles. The molecule has 0 radical (unpaired) electrons. The van der Waals surface area contributed by atoms with Gasteiger partial charge in [0, 0.05) is 25.0 Å². The lowest BCUT2D eigenvalue weighted by molar-refractivity contribution is 0.103. The zero-order valence-corrected chi connectivity index (χ0v) is 7.71. The molecule has 14 heavy (non-hydrogen) atoms. The van der Waals surface area contributed by atoms with Gasteiger partial charge in [0.05, 0.1) is 12.5 Å². The molecule has 0 N–H and O–H groups in total. The summed E-state index contributed by atoms with van der Waals surface area (Å²) in [6.45, 7) is 0. The van der Waals surface area contributed by atoms with Gasteiger partial charge < -0.3 is 4.57 Å². The second-order valence-electron chi connectivity index (χ2n) is 2.96. The molecule has 0 saturated carbocycles. The van der Waals surface area contributed by atoms with E-state index in [1.807, 2.05) is 0 Å². The minimum absolute atomic E-state index is 0.0573. The van der Waals surface area contributed by atoms with Gasteiger partial charge in [0.2, 0.25) is 5.78 Å². The van der Waals surface area contributed by atoms with Crippen LogP contribution in [-0.4, -0.2) is 20.3 Å². The highest BCUT2D eigenvalue weighted by Gasteiger charge is 2.11. The first-order valence-electron chi connectivity index (χ1n) is 4.20. The second kappa shape index (κ2) is 3.41. The fraction of sp³-hybridized carbons (Fsp3) is 0.100. The maximum Gasteiger partial charge on any atom is 0.212 e. The molecule has 0 fully saturated rings. The molecule has 0 aliphatic carbocycles. The van der Waals surface area contributed by atoms with Crippen LogP contribution in [0.15, 0.2) is 37.1 Å². The molecule has 0 aromatic carbocycles. The maximum absolute atomic E-state index is 11.8. The number of hydrogen-bond acceptors (Lipinski definition) is 3. The van der Waals surface area contributed by atoms with Crippen LogP contribution in [0, 0.1) is 0 Å². The molecule has 0 saturated heterocycles. The molecule has 4 heteroatoms. The summed E-state index contributed by atoms with van der Waals surface area (Å²) in [6, 6.07) is 3.48. The van der Waals surface area contributed by atoms with Gasteiger partial charge in [-0.1, -0.05) is 0 Å². The Morgan fingerprint density at radius 3 is 2.79 bits per heavy atom. The van der Waals surface area contributed by atoms with Gasteiger partial charge >= 0.3 is 0 Å². The Balaban J connectivity index is 2.39. The minimum Gasteiger partial charge on any atom is -0.331 e. The highest BCUT2D eigenvalue weighted by molar-refractivity contribution is 6.07. The molecule has 0 spiro atoms. The van der Waals surface area contributed by atoms with Crippen molar-refractivity contribution in [2.24, 2.45) is 7.05 Å². The summed E-state index contributed by atoms with van der Waals surface area (Å²) in [5.41, 5.74) is 1.15. The van der Waals surface area contributed by atoms with E-state index in [2.05, 4.69) is 9.97 Å². The van der Waals surface area contributed by atoms with Crippen LogP contribution in [0.25, 0.3) is 0 Å². The topological polar surface area (TPSA) is 47.8 Å². The van der Waals surface area contributed by atoms with Gasteiger partial charge in [-0.3, -0.25) is 9.78 Å². The molecule has 70 valence electrons. The van der Waals surface area contributed by atoms with Gasteiger partial charge in [-0.15, -0.1) is 0 Å². The van der Waals surface area contributed by atoms with E-state index in [1.165, 1.54) is 0 Å². The molecule has 0 aliphatic rings. The molecule has 2 aromatic rings. The van der Waals surface area contributed by atoms with E-state index in [1.54, 1.807) is 48.7 Å². The predicted molar refractivity (Wildman–Crippen MR) is 50.9 cm³/mol. The first-order valence-corrected chi connectivity index (χ1v) is 4.20. The molecule has 0 atom stereocenters. The van der Waals surface area contributed by atoms with Crippen LogP contribution in [0.5, 0.6) is 0 Å². The summed E-state index contributed by atoms with van der Waals surface area (Å²) in [6.07, 6.45) is 6.34. The van der Waals surface area contributed by atoms with E-state index in [4.69, 9.17) is 0 Å². The first-order chi connectivity index (χ1) is 6.79. The zero-order valence-electron chi connectivity index (χ0n) is 7.71. The third-order valence-electron chi connectivity index (χ3n) is 1.97. The Kier molecular flexibility index (Phi) is 2.10. The standard InChI is InChI=1S/C10H9N3O/c1-13-7-12-6-9(13)10(14)8-3-2-4-11-5-8/h2-7H,1H3. The van der Waals surface area contributed by atoms with E-state index in [9.17, 15) is 4.79 Å². The average molecular weight is 187 g/mol. The van der Waals surface area contributed by atoms with Crippen molar-refractivity contribution >= 4 is 5.78 Å². The molecule has 0 unspecified atom stereocenters. The number of aromatic nitrogens is 3.